The van der Waals surface area contributed by atoms with Gasteiger partial charge in [-0.2, -0.15) is 8.42 Å². The maximum Gasteiger partial charge on any atom is 0.397 e. The summed E-state index contributed by atoms with van der Waals surface area (Å²) in [6.07, 6.45) is 15.1. The summed E-state index contributed by atoms with van der Waals surface area (Å²) in [5, 5.41) is 0. The number of carbonyl (C=O) groups excluding carboxylic acids is 1. The Labute approximate surface area is 173 Å². The van der Waals surface area contributed by atoms with Gasteiger partial charge in [0.1, 0.15) is 5.78 Å². The first-order chi connectivity index (χ1) is 13.0. The van der Waals surface area contributed by atoms with Gasteiger partial charge in [-0.1, -0.05) is 85.5 Å². The minimum atomic E-state index is -4.23. The van der Waals surface area contributed by atoms with Gasteiger partial charge in [-0.3, -0.25) is 9.35 Å². The average molecular weight is 419 g/mol. The minimum Gasteiger partial charge on any atom is -0.299 e. The van der Waals surface area contributed by atoms with E-state index in [9.17, 15) is 13.2 Å². The van der Waals surface area contributed by atoms with Gasteiger partial charge in [-0.25, -0.2) is 4.18 Å². The molecule has 2 fully saturated rings. The molecule has 166 valence electrons. The third-order valence-electron chi connectivity index (χ3n) is 7.21. The molecule has 0 saturated heterocycles. The second-order valence-corrected chi connectivity index (χ2v) is 10.4. The Balaban J connectivity index is 0.000000302. The van der Waals surface area contributed by atoms with E-state index in [0.717, 1.165) is 25.7 Å². The highest BCUT2D eigenvalue weighted by atomic mass is 32.3. The Morgan fingerprint density at radius 2 is 1.46 bits per heavy atom. The maximum atomic E-state index is 11.6. The van der Waals surface area contributed by atoms with E-state index in [1.165, 1.54) is 51.4 Å². The molecule has 0 aromatic heterocycles. The summed E-state index contributed by atoms with van der Waals surface area (Å²) in [6, 6.07) is 0. The highest BCUT2D eigenvalue weighted by Gasteiger charge is 2.61. The molecule has 1 N–H and O–H groups in total. The molecule has 2 aliphatic carbocycles. The molecular weight excluding hydrogens is 376 g/mol. The van der Waals surface area contributed by atoms with Crippen LogP contribution in [-0.4, -0.2) is 25.4 Å². The Morgan fingerprint density at radius 1 is 0.964 bits per heavy atom. The first kappa shape index (κ1) is 25.6. The smallest absolute Gasteiger partial charge is 0.299 e. The number of carbonyl (C=O) groups is 1. The lowest BCUT2D eigenvalue weighted by molar-refractivity contribution is -0.128. The first-order valence-electron chi connectivity index (χ1n) is 11.2. The summed E-state index contributed by atoms with van der Waals surface area (Å²) < 4.78 is 33.0. The van der Waals surface area contributed by atoms with Crippen molar-refractivity contribution < 1.29 is 21.9 Å². The second kappa shape index (κ2) is 11.7. The molecule has 0 amide bonds. The van der Waals surface area contributed by atoms with E-state index in [1.807, 2.05) is 0 Å². The molecule has 0 aromatic rings. The Bertz CT molecular complexity index is 569. The molecule has 5 nitrogen and oxygen atoms in total. The Morgan fingerprint density at radius 3 is 1.79 bits per heavy atom. The van der Waals surface area contributed by atoms with Gasteiger partial charge in [-0.15, -0.1) is 0 Å². The lowest BCUT2D eigenvalue weighted by Crippen LogP contribution is -2.32. The predicted molar refractivity (Wildman–Crippen MR) is 114 cm³/mol. The van der Waals surface area contributed by atoms with Crippen LogP contribution < -0.4 is 0 Å². The van der Waals surface area contributed by atoms with Crippen molar-refractivity contribution in [2.45, 2.75) is 111 Å². The third-order valence-corrected chi connectivity index (χ3v) is 7.68. The Kier molecular flexibility index (Phi) is 10.6. The number of Topliss-reactive ketones (excluding diaryl/α,β-unsaturated/α-hetero) is 1. The van der Waals surface area contributed by atoms with E-state index in [-0.39, 0.29) is 17.4 Å². The number of fused-ring (bicyclic) bond motifs is 2. The fourth-order valence-corrected chi connectivity index (χ4v) is 4.98. The van der Waals surface area contributed by atoms with Crippen molar-refractivity contribution in [3.05, 3.63) is 0 Å². The maximum absolute atomic E-state index is 11.6. The highest BCUT2D eigenvalue weighted by Crippen LogP contribution is 2.63. The number of unbranched alkanes of at least 4 members (excludes halogenated alkanes) is 9. The number of rotatable bonds is 12. The molecular formula is C22H42O5S. The standard InChI is InChI=1S/C12H26O4S.C10H16O/c1-2-3-4-5-6-7-8-9-10-11-12-16-17(13,14)15;1-9(2)7-4-5-10(9,3)8(11)6-7/h2-12H2,1H3,(H,13,14,15);7H,4-6H2,1-3H3. The van der Waals surface area contributed by atoms with Crippen molar-refractivity contribution in [1.29, 1.82) is 0 Å². The Hall–Kier alpha value is -0.460. The molecule has 0 spiro atoms. The van der Waals surface area contributed by atoms with E-state index in [1.54, 1.807) is 0 Å². The normalized spacial score (nSPS) is 25.6. The number of ketones is 1. The van der Waals surface area contributed by atoms with Gasteiger partial charge < -0.3 is 0 Å². The van der Waals surface area contributed by atoms with Gasteiger partial charge in [0, 0.05) is 11.8 Å². The monoisotopic (exact) mass is 418 g/mol. The van der Waals surface area contributed by atoms with Crippen molar-refractivity contribution in [3.8, 4) is 0 Å². The van der Waals surface area contributed by atoms with E-state index in [2.05, 4.69) is 31.9 Å². The summed E-state index contributed by atoms with van der Waals surface area (Å²) in [5.41, 5.74) is 0.307. The van der Waals surface area contributed by atoms with Crippen LogP contribution in [0.25, 0.3) is 0 Å². The van der Waals surface area contributed by atoms with E-state index in [0.29, 0.717) is 18.1 Å². The lowest BCUT2D eigenvalue weighted by Gasteiger charge is -2.32. The molecule has 2 bridgehead atoms. The van der Waals surface area contributed by atoms with E-state index < -0.39 is 10.4 Å². The molecule has 0 radical (unpaired) electrons. The van der Waals surface area contributed by atoms with Gasteiger partial charge in [-0.05, 0) is 30.6 Å². The zero-order valence-electron chi connectivity index (χ0n) is 18.5. The average Bonchev–Trinajstić information content (AvgIpc) is 2.92. The van der Waals surface area contributed by atoms with Crippen LogP contribution >= 0.6 is 0 Å². The van der Waals surface area contributed by atoms with Crippen molar-refractivity contribution in [3.63, 3.8) is 0 Å². The molecule has 2 atom stereocenters. The second-order valence-electron chi connectivity index (χ2n) is 9.35. The zero-order valence-corrected chi connectivity index (χ0v) is 19.3. The van der Waals surface area contributed by atoms with Crippen molar-refractivity contribution >= 4 is 16.2 Å². The number of hydrogen-bond donors (Lipinski definition) is 1. The van der Waals surface area contributed by atoms with Crippen LogP contribution in [0.2, 0.25) is 0 Å². The van der Waals surface area contributed by atoms with E-state index in [4.69, 9.17) is 4.55 Å². The summed E-state index contributed by atoms with van der Waals surface area (Å²) in [6.45, 7) is 8.98. The quantitative estimate of drug-likeness (QED) is 0.304. The molecule has 2 saturated carbocycles. The van der Waals surface area contributed by atoms with Crippen LogP contribution in [0, 0.1) is 16.7 Å². The molecule has 0 aliphatic heterocycles. The SMILES string of the molecule is CC12CCC(CC1=O)C2(C)C.CCCCCCCCCCCCOS(=O)(=O)O. The van der Waals surface area contributed by atoms with Crippen LogP contribution in [0.1, 0.15) is 111 Å². The predicted octanol–water partition coefficient (Wildman–Crippen LogP) is 6.13. The lowest BCUT2D eigenvalue weighted by atomic mass is 9.70. The summed E-state index contributed by atoms with van der Waals surface area (Å²) >= 11 is 0. The fourth-order valence-electron chi connectivity index (χ4n) is 4.66. The largest absolute Gasteiger partial charge is 0.397 e. The van der Waals surface area contributed by atoms with Crippen LogP contribution in [0.15, 0.2) is 0 Å². The van der Waals surface area contributed by atoms with Gasteiger partial charge in [0.25, 0.3) is 0 Å². The van der Waals surface area contributed by atoms with Crippen LogP contribution in [-0.2, 0) is 19.4 Å². The summed E-state index contributed by atoms with van der Waals surface area (Å²) in [4.78, 5) is 11.6. The number of hydrogen-bond acceptors (Lipinski definition) is 4. The van der Waals surface area contributed by atoms with Gasteiger partial charge in [0.2, 0.25) is 0 Å². The van der Waals surface area contributed by atoms with Gasteiger partial charge >= 0.3 is 10.4 Å². The molecule has 2 unspecified atom stereocenters. The zero-order chi connectivity index (χ0) is 21.3. The van der Waals surface area contributed by atoms with Crippen molar-refractivity contribution in [2.24, 2.45) is 16.7 Å². The molecule has 0 heterocycles. The minimum absolute atomic E-state index is 0.0255. The first-order valence-corrected chi connectivity index (χ1v) is 12.6. The van der Waals surface area contributed by atoms with E-state index >= 15 is 0 Å². The van der Waals surface area contributed by atoms with Crippen LogP contribution in [0.5, 0.6) is 0 Å². The topological polar surface area (TPSA) is 80.7 Å². The van der Waals surface area contributed by atoms with Crippen molar-refractivity contribution in [1.82, 2.24) is 0 Å². The third kappa shape index (κ3) is 7.75. The molecule has 2 aliphatic rings. The van der Waals surface area contributed by atoms with Crippen LogP contribution in [0.3, 0.4) is 0 Å². The van der Waals surface area contributed by atoms with Crippen LogP contribution in [0.4, 0.5) is 0 Å². The highest BCUT2D eigenvalue weighted by molar-refractivity contribution is 7.80. The van der Waals surface area contributed by atoms with Gasteiger partial charge in [0.05, 0.1) is 6.61 Å². The summed E-state index contributed by atoms with van der Waals surface area (Å²) in [5.74, 6) is 1.19. The van der Waals surface area contributed by atoms with Crippen molar-refractivity contribution in [2.75, 3.05) is 6.61 Å². The molecule has 2 rings (SSSR count). The fraction of sp³-hybridized carbons (Fsp3) is 0.955. The summed E-state index contributed by atoms with van der Waals surface area (Å²) in [7, 11) is -4.23. The molecule has 6 heteroatoms. The molecule has 0 aromatic carbocycles. The van der Waals surface area contributed by atoms with Gasteiger partial charge in [0.15, 0.2) is 0 Å². The molecule has 28 heavy (non-hydrogen) atoms.